The number of benzene rings is 2. The van der Waals surface area contributed by atoms with Crippen molar-refractivity contribution in [3.05, 3.63) is 65.9 Å². The van der Waals surface area contributed by atoms with Crippen LogP contribution >= 0.6 is 0 Å². The van der Waals surface area contributed by atoms with Crippen LogP contribution in [-0.2, 0) is 0 Å². The van der Waals surface area contributed by atoms with Crippen LogP contribution in [-0.4, -0.2) is 23.7 Å². The van der Waals surface area contributed by atoms with Gasteiger partial charge in [-0.15, -0.1) is 0 Å². The molecular weight excluding hydrogens is 290 g/mol. The maximum Gasteiger partial charge on any atom is 0.165 e. The van der Waals surface area contributed by atoms with Crippen molar-refractivity contribution in [1.82, 2.24) is 4.98 Å². The van der Waals surface area contributed by atoms with Crippen LogP contribution in [0, 0.1) is 0 Å². The maximum atomic E-state index is 12.4. The number of rotatable bonds is 6. The summed E-state index contributed by atoms with van der Waals surface area (Å²) in [5, 5.41) is 0.895. The molecule has 0 radical (unpaired) electrons. The molecule has 23 heavy (non-hydrogen) atoms. The van der Waals surface area contributed by atoms with E-state index in [4.69, 9.17) is 4.74 Å². The number of carbonyl (C=O) groups is 2. The molecule has 4 nitrogen and oxygen atoms in total. The Morgan fingerprint density at radius 2 is 1.78 bits per heavy atom. The van der Waals surface area contributed by atoms with E-state index in [1.54, 1.807) is 37.6 Å². The number of H-pyrrole nitrogens is 1. The topological polar surface area (TPSA) is 59.2 Å². The summed E-state index contributed by atoms with van der Waals surface area (Å²) >= 11 is 0. The van der Waals surface area contributed by atoms with Gasteiger partial charge >= 0.3 is 0 Å². The molecule has 2 aromatic carbocycles. The minimum Gasteiger partial charge on any atom is -0.497 e. The van der Waals surface area contributed by atoms with Crippen molar-refractivity contribution in [2.24, 2.45) is 0 Å². The molecule has 1 heterocycles. The second-order valence-corrected chi connectivity index (χ2v) is 5.33. The molecule has 0 aliphatic carbocycles. The van der Waals surface area contributed by atoms with Crippen molar-refractivity contribution in [2.45, 2.75) is 12.8 Å². The van der Waals surface area contributed by atoms with Gasteiger partial charge in [0.05, 0.1) is 7.11 Å². The number of Topliss-reactive ketones (excluding diaryl/α,β-unsaturated/α-hetero) is 2. The van der Waals surface area contributed by atoms with Gasteiger partial charge in [0.1, 0.15) is 5.75 Å². The van der Waals surface area contributed by atoms with Gasteiger partial charge in [0.15, 0.2) is 11.6 Å². The molecule has 0 atom stereocenters. The SMILES string of the molecule is COc1cccc(C(=O)CCC(=O)c2c[nH]c3ccccc23)c1. The van der Waals surface area contributed by atoms with Gasteiger partial charge < -0.3 is 9.72 Å². The van der Waals surface area contributed by atoms with Crippen molar-refractivity contribution in [2.75, 3.05) is 7.11 Å². The molecule has 0 unspecified atom stereocenters. The molecule has 0 fully saturated rings. The average molecular weight is 307 g/mol. The number of nitrogens with one attached hydrogen (secondary N) is 1. The minimum atomic E-state index is -0.0582. The van der Waals surface area contributed by atoms with Crippen LogP contribution in [0.2, 0.25) is 0 Å². The normalized spacial score (nSPS) is 10.7. The molecular formula is C19H17NO3. The van der Waals surface area contributed by atoms with E-state index in [-0.39, 0.29) is 24.4 Å². The Bertz CT molecular complexity index is 864. The predicted molar refractivity (Wildman–Crippen MR) is 89.2 cm³/mol. The maximum absolute atomic E-state index is 12.4. The second kappa shape index (κ2) is 6.48. The van der Waals surface area contributed by atoms with Gasteiger partial charge in [0.25, 0.3) is 0 Å². The van der Waals surface area contributed by atoms with E-state index in [1.807, 2.05) is 24.3 Å². The average Bonchev–Trinajstić information content (AvgIpc) is 3.03. The molecule has 0 spiro atoms. The van der Waals surface area contributed by atoms with Gasteiger partial charge in [-0.05, 0) is 18.2 Å². The lowest BCUT2D eigenvalue weighted by molar-refractivity contribution is 0.0918. The zero-order valence-corrected chi connectivity index (χ0v) is 12.8. The van der Waals surface area contributed by atoms with Gasteiger partial charge in [0.2, 0.25) is 0 Å². The lowest BCUT2D eigenvalue weighted by Crippen LogP contribution is -2.05. The summed E-state index contributed by atoms with van der Waals surface area (Å²) in [5.41, 5.74) is 2.13. The summed E-state index contributed by atoms with van der Waals surface area (Å²) in [7, 11) is 1.56. The number of carbonyl (C=O) groups excluding carboxylic acids is 2. The van der Waals surface area contributed by atoms with E-state index in [2.05, 4.69) is 4.98 Å². The van der Waals surface area contributed by atoms with E-state index in [9.17, 15) is 9.59 Å². The molecule has 3 rings (SSSR count). The first kappa shape index (κ1) is 15.0. The van der Waals surface area contributed by atoms with Crippen molar-refractivity contribution in [1.29, 1.82) is 0 Å². The number of ether oxygens (including phenoxy) is 1. The van der Waals surface area contributed by atoms with E-state index >= 15 is 0 Å². The predicted octanol–water partition coefficient (Wildman–Crippen LogP) is 4.02. The zero-order valence-electron chi connectivity index (χ0n) is 12.8. The third-order valence-electron chi connectivity index (χ3n) is 3.86. The Morgan fingerprint density at radius 1 is 1.00 bits per heavy atom. The Labute approximate surface area is 134 Å². The van der Waals surface area contributed by atoms with Crippen LogP contribution < -0.4 is 4.74 Å². The molecule has 0 saturated heterocycles. The number of ketones is 2. The summed E-state index contributed by atoms with van der Waals surface area (Å²) in [4.78, 5) is 27.7. The number of hydrogen-bond acceptors (Lipinski definition) is 3. The molecule has 0 aliphatic heterocycles. The van der Waals surface area contributed by atoms with Gasteiger partial charge in [0, 0.05) is 41.1 Å². The van der Waals surface area contributed by atoms with Crippen LogP contribution in [0.5, 0.6) is 5.75 Å². The fourth-order valence-electron chi connectivity index (χ4n) is 2.60. The lowest BCUT2D eigenvalue weighted by Gasteiger charge is -2.04. The monoisotopic (exact) mass is 307 g/mol. The zero-order chi connectivity index (χ0) is 16.2. The smallest absolute Gasteiger partial charge is 0.165 e. The number of methoxy groups -OCH3 is 1. The van der Waals surface area contributed by atoms with E-state index in [1.165, 1.54) is 0 Å². The molecule has 0 amide bonds. The lowest BCUT2D eigenvalue weighted by atomic mass is 10.0. The van der Waals surface area contributed by atoms with Crippen molar-refractivity contribution in [3.63, 3.8) is 0 Å². The number of hydrogen-bond donors (Lipinski definition) is 1. The summed E-state index contributed by atoms with van der Waals surface area (Å²) in [6.07, 6.45) is 2.09. The van der Waals surface area contributed by atoms with Crippen molar-refractivity contribution >= 4 is 22.5 Å². The van der Waals surface area contributed by atoms with E-state index < -0.39 is 0 Å². The quantitative estimate of drug-likeness (QED) is 0.700. The molecule has 0 saturated carbocycles. The third-order valence-corrected chi connectivity index (χ3v) is 3.86. The molecule has 4 heteroatoms. The van der Waals surface area contributed by atoms with Crippen LogP contribution in [0.15, 0.2) is 54.7 Å². The van der Waals surface area contributed by atoms with Crippen molar-refractivity contribution < 1.29 is 14.3 Å². The fraction of sp³-hybridized carbons (Fsp3) is 0.158. The Balaban J connectivity index is 1.70. The number of aromatic amines is 1. The molecule has 1 N–H and O–H groups in total. The molecule has 0 aliphatic rings. The first-order valence-corrected chi connectivity index (χ1v) is 7.45. The highest BCUT2D eigenvalue weighted by molar-refractivity contribution is 6.09. The second-order valence-electron chi connectivity index (χ2n) is 5.33. The third kappa shape index (κ3) is 3.16. The fourth-order valence-corrected chi connectivity index (χ4v) is 2.60. The molecule has 116 valence electrons. The highest BCUT2D eigenvalue weighted by atomic mass is 16.5. The summed E-state index contributed by atoms with van der Waals surface area (Å²) < 4.78 is 5.11. The van der Waals surface area contributed by atoms with Crippen LogP contribution in [0.4, 0.5) is 0 Å². The summed E-state index contributed by atoms with van der Waals surface area (Å²) in [5.74, 6) is 0.551. The first-order chi connectivity index (χ1) is 11.2. The summed E-state index contributed by atoms with van der Waals surface area (Å²) in [6.45, 7) is 0. The van der Waals surface area contributed by atoms with Crippen LogP contribution in [0.3, 0.4) is 0 Å². The van der Waals surface area contributed by atoms with Gasteiger partial charge in [-0.25, -0.2) is 0 Å². The first-order valence-electron chi connectivity index (χ1n) is 7.45. The molecule has 1 aromatic heterocycles. The van der Waals surface area contributed by atoms with Gasteiger partial charge in [-0.3, -0.25) is 9.59 Å². The van der Waals surface area contributed by atoms with E-state index in [0.29, 0.717) is 16.9 Å². The largest absolute Gasteiger partial charge is 0.497 e. The van der Waals surface area contributed by atoms with Gasteiger partial charge in [-0.2, -0.15) is 0 Å². The Morgan fingerprint density at radius 3 is 2.61 bits per heavy atom. The number of para-hydroxylation sites is 1. The van der Waals surface area contributed by atoms with Gasteiger partial charge in [-0.1, -0.05) is 30.3 Å². The Hall–Kier alpha value is -2.88. The van der Waals surface area contributed by atoms with Crippen LogP contribution in [0.25, 0.3) is 10.9 Å². The highest BCUT2D eigenvalue weighted by Gasteiger charge is 2.14. The molecule has 0 bridgehead atoms. The Kier molecular flexibility index (Phi) is 4.24. The highest BCUT2D eigenvalue weighted by Crippen LogP contribution is 2.20. The summed E-state index contributed by atoms with van der Waals surface area (Å²) in [6, 6.07) is 14.6. The minimum absolute atomic E-state index is 0.0290. The van der Waals surface area contributed by atoms with Crippen molar-refractivity contribution in [3.8, 4) is 5.75 Å². The number of fused-ring (bicyclic) bond motifs is 1. The van der Waals surface area contributed by atoms with Crippen LogP contribution in [0.1, 0.15) is 33.6 Å². The van der Waals surface area contributed by atoms with E-state index in [0.717, 1.165) is 10.9 Å². The molecule has 3 aromatic rings. The number of aromatic nitrogens is 1. The standard InChI is InChI=1S/C19H17NO3/c1-23-14-6-4-5-13(11-14)18(21)9-10-19(22)16-12-20-17-8-3-2-7-15(16)17/h2-8,11-12,20H,9-10H2,1H3.